The first-order chi connectivity index (χ1) is 8.81. The second-order valence-corrected chi connectivity index (χ2v) is 4.52. The van der Waals surface area contributed by atoms with Gasteiger partial charge in [-0.05, 0) is 31.0 Å². The van der Waals surface area contributed by atoms with Crippen molar-refractivity contribution in [3.63, 3.8) is 0 Å². The lowest BCUT2D eigenvalue weighted by Crippen LogP contribution is -2.41. The number of carboxylic acid groups (broad SMARTS) is 1. The van der Waals surface area contributed by atoms with Crippen LogP contribution >= 0.6 is 0 Å². The third-order valence-electron chi connectivity index (χ3n) is 2.89. The molecule has 0 bridgehead atoms. The number of ketones is 1. The molecule has 0 aromatic heterocycles. The molecule has 0 fully saturated rings. The fraction of sp³-hybridized carbons (Fsp3) is 0.357. The number of aryl methyl sites for hydroxylation is 2. The quantitative estimate of drug-likeness (QED) is 0.788. The van der Waals surface area contributed by atoms with Crippen LogP contribution in [0.3, 0.4) is 0 Å². The van der Waals surface area contributed by atoms with E-state index in [1.807, 2.05) is 19.9 Å². The van der Waals surface area contributed by atoms with E-state index in [1.165, 1.54) is 6.92 Å². The van der Waals surface area contributed by atoms with Crippen LogP contribution in [-0.2, 0) is 9.59 Å². The summed E-state index contributed by atoms with van der Waals surface area (Å²) >= 11 is 0. The van der Waals surface area contributed by atoms with E-state index in [4.69, 9.17) is 5.11 Å². The molecule has 5 heteroatoms. The maximum atomic E-state index is 12.0. The van der Waals surface area contributed by atoms with E-state index in [0.29, 0.717) is 5.56 Å². The van der Waals surface area contributed by atoms with E-state index in [9.17, 15) is 14.4 Å². The van der Waals surface area contributed by atoms with E-state index in [-0.39, 0.29) is 12.2 Å². The second-order valence-electron chi connectivity index (χ2n) is 4.52. The van der Waals surface area contributed by atoms with Crippen LogP contribution in [0.2, 0.25) is 0 Å². The van der Waals surface area contributed by atoms with Crippen LogP contribution < -0.4 is 5.32 Å². The zero-order chi connectivity index (χ0) is 14.6. The van der Waals surface area contributed by atoms with Gasteiger partial charge in [0.15, 0.2) is 5.78 Å². The molecule has 0 aliphatic heterocycles. The van der Waals surface area contributed by atoms with Gasteiger partial charge >= 0.3 is 5.97 Å². The van der Waals surface area contributed by atoms with Crippen molar-refractivity contribution in [2.45, 2.75) is 33.2 Å². The van der Waals surface area contributed by atoms with Crippen LogP contribution in [0.5, 0.6) is 0 Å². The van der Waals surface area contributed by atoms with Crippen LogP contribution in [0.1, 0.15) is 34.8 Å². The number of carbonyl (C=O) groups excluding carboxylic acids is 2. The third-order valence-corrected chi connectivity index (χ3v) is 2.89. The summed E-state index contributed by atoms with van der Waals surface area (Å²) in [7, 11) is 0. The monoisotopic (exact) mass is 263 g/mol. The van der Waals surface area contributed by atoms with Gasteiger partial charge in [0.2, 0.25) is 5.91 Å². The summed E-state index contributed by atoms with van der Waals surface area (Å²) in [5.74, 6) is -1.99. The summed E-state index contributed by atoms with van der Waals surface area (Å²) in [4.78, 5) is 33.8. The molecule has 1 atom stereocenters. The van der Waals surface area contributed by atoms with Crippen LogP contribution in [-0.4, -0.2) is 28.8 Å². The van der Waals surface area contributed by atoms with Crippen LogP contribution in [0.15, 0.2) is 18.2 Å². The fourth-order valence-corrected chi connectivity index (χ4v) is 1.66. The molecule has 0 spiro atoms. The Morgan fingerprint density at radius 1 is 1.21 bits per heavy atom. The molecular formula is C14H17NO4. The van der Waals surface area contributed by atoms with Crippen molar-refractivity contribution in [1.82, 2.24) is 5.32 Å². The normalized spacial score (nSPS) is 11.7. The minimum atomic E-state index is -1.22. The van der Waals surface area contributed by atoms with Gasteiger partial charge in [-0.1, -0.05) is 12.1 Å². The second kappa shape index (κ2) is 6.13. The molecule has 19 heavy (non-hydrogen) atoms. The van der Waals surface area contributed by atoms with Crippen molar-refractivity contribution in [2.75, 3.05) is 0 Å². The molecule has 0 radical (unpaired) electrons. The first-order valence-electron chi connectivity index (χ1n) is 5.91. The summed E-state index contributed by atoms with van der Waals surface area (Å²) in [6, 6.07) is 4.02. The Bertz CT molecular complexity index is 522. The van der Waals surface area contributed by atoms with E-state index in [1.54, 1.807) is 12.1 Å². The van der Waals surface area contributed by atoms with Crippen molar-refractivity contribution in [3.05, 3.63) is 34.9 Å². The lowest BCUT2D eigenvalue weighted by molar-refractivity contribution is -0.141. The number of hydrogen-bond donors (Lipinski definition) is 2. The highest BCUT2D eigenvalue weighted by Crippen LogP contribution is 2.12. The molecule has 1 aromatic carbocycles. The van der Waals surface area contributed by atoms with Gasteiger partial charge in [-0.2, -0.15) is 0 Å². The molecule has 0 aliphatic carbocycles. The topological polar surface area (TPSA) is 83.5 Å². The number of hydrogen-bond acceptors (Lipinski definition) is 3. The Hall–Kier alpha value is -2.17. The van der Waals surface area contributed by atoms with Gasteiger partial charge in [-0.3, -0.25) is 9.59 Å². The molecule has 0 saturated carbocycles. The van der Waals surface area contributed by atoms with Crippen molar-refractivity contribution in [1.29, 1.82) is 0 Å². The SMILES string of the molecule is CC(=O)NC(CC(=O)c1ccc(C)c(C)c1)C(=O)O. The summed E-state index contributed by atoms with van der Waals surface area (Å²) in [6.07, 6.45) is -0.253. The van der Waals surface area contributed by atoms with Gasteiger partial charge in [0.1, 0.15) is 6.04 Å². The highest BCUT2D eigenvalue weighted by Gasteiger charge is 2.22. The molecular weight excluding hydrogens is 246 g/mol. The average Bonchev–Trinajstić information content (AvgIpc) is 2.31. The summed E-state index contributed by atoms with van der Waals surface area (Å²) < 4.78 is 0. The summed E-state index contributed by atoms with van der Waals surface area (Å²) in [5, 5.41) is 11.2. The Balaban J connectivity index is 2.84. The summed E-state index contributed by atoms with van der Waals surface area (Å²) in [6.45, 7) is 5.03. The van der Waals surface area contributed by atoms with Crippen LogP contribution in [0, 0.1) is 13.8 Å². The lowest BCUT2D eigenvalue weighted by Gasteiger charge is -2.12. The number of amides is 1. The van der Waals surface area contributed by atoms with E-state index < -0.39 is 17.9 Å². The maximum absolute atomic E-state index is 12.0. The van der Waals surface area contributed by atoms with E-state index >= 15 is 0 Å². The predicted molar refractivity (Wildman–Crippen MR) is 70.1 cm³/mol. The molecule has 0 aliphatic rings. The van der Waals surface area contributed by atoms with E-state index in [2.05, 4.69) is 5.32 Å². The highest BCUT2D eigenvalue weighted by atomic mass is 16.4. The highest BCUT2D eigenvalue weighted by molar-refractivity contribution is 5.99. The number of nitrogens with one attached hydrogen (secondary N) is 1. The number of rotatable bonds is 5. The van der Waals surface area contributed by atoms with Crippen LogP contribution in [0.4, 0.5) is 0 Å². The molecule has 0 saturated heterocycles. The Labute approximate surface area is 111 Å². The average molecular weight is 263 g/mol. The maximum Gasteiger partial charge on any atom is 0.326 e. The molecule has 5 nitrogen and oxygen atoms in total. The number of carboxylic acids is 1. The number of aliphatic carboxylic acids is 1. The molecule has 1 amide bonds. The van der Waals surface area contributed by atoms with Gasteiger partial charge in [0.05, 0.1) is 0 Å². The standard InChI is InChI=1S/C14H17NO4/c1-8-4-5-11(6-9(8)2)13(17)7-12(14(18)19)15-10(3)16/h4-6,12H,7H2,1-3H3,(H,15,16)(H,18,19). The minimum Gasteiger partial charge on any atom is -0.480 e. The first-order valence-corrected chi connectivity index (χ1v) is 5.91. The first kappa shape index (κ1) is 14.9. The molecule has 1 unspecified atom stereocenters. The number of Topliss-reactive ketones (excluding diaryl/α,β-unsaturated/α-hetero) is 1. The number of benzene rings is 1. The smallest absolute Gasteiger partial charge is 0.326 e. The van der Waals surface area contributed by atoms with E-state index in [0.717, 1.165) is 11.1 Å². The van der Waals surface area contributed by atoms with Gasteiger partial charge in [-0.15, -0.1) is 0 Å². The molecule has 0 heterocycles. The fourth-order valence-electron chi connectivity index (χ4n) is 1.66. The number of carbonyl (C=O) groups is 3. The van der Waals surface area contributed by atoms with Crippen molar-refractivity contribution in [2.24, 2.45) is 0 Å². The molecule has 2 N–H and O–H groups in total. The Kier molecular flexibility index (Phi) is 4.80. The Morgan fingerprint density at radius 3 is 2.32 bits per heavy atom. The van der Waals surface area contributed by atoms with Crippen molar-refractivity contribution < 1.29 is 19.5 Å². The lowest BCUT2D eigenvalue weighted by atomic mass is 9.99. The van der Waals surface area contributed by atoms with Gasteiger partial charge < -0.3 is 10.4 Å². The largest absolute Gasteiger partial charge is 0.480 e. The van der Waals surface area contributed by atoms with Crippen LogP contribution in [0.25, 0.3) is 0 Å². The molecule has 102 valence electrons. The minimum absolute atomic E-state index is 0.253. The zero-order valence-electron chi connectivity index (χ0n) is 11.2. The Morgan fingerprint density at radius 2 is 1.84 bits per heavy atom. The molecule has 1 aromatic rings. The van der Waals surface area contributed by atoms with Gasteiger partial charge in [0.25, 0.3) is 0 Å². The van der Waals surface area contributed by atoms with Gasteiger partial charge in [-0.25, -0.2) is 4.79 Å². The third kappa shape index (κ3) is 4.21. The predicted octanol–water partition coefficient (Wildman–Crippen LogP) is 1.47. The zero-order valence-corrected chi connectivity index (χ0v) is 11.2. The summed E-state index contributed by atoms with van der Waals surface area (Å²) in [5.41, 5.74) is 2.49. The van der Waals surface area contributed by atoms with Gasteiger partial charge in [0, 0.05) is 18.9 Å². The van der Waals surface area contributed by atoms with Crippen molar-refractivity contribution in [3.8, 4) is 0 Å². The van der Waals surface area contributed by atoms with Crippen molar-refractivity contribution >= 4 is 17.7 Å². The molecule has 1 rings (SSSR count).